The van der Waals surface area contributed by atoms with E-state index in [-0.39, 0.29) is 12.9 Å². The minimum Gasteiger partial charge on any atom is -0.491 e. The van der Waals surface area contributed by atoms with Crippen molar-refractivity contribution in [2.24, 2.45) is 0 Å². The fourth-order valence-electron chi connectivity index (χ4n) is 1.20. The van der Waals surface area contributed by atoms with Gasteiger partial charge in [0.2, 0.25) is 0 Å². The third-order valence-electron chi connectivity index (χ3n) is 2.16. The highest BCUT2D eigenvalue weighted by Gasteiger charge is 2.22. The van der Waals surface area contributed by atoms with Crippen molar-refractivity contribution in [3.8, 4) is 11.5 Å². The summed E-state index contributed by atoms with van der Waals surface area (Å²) in [6.45, 7) is 4.26. The van der Waals surface area contributed by atoms with Gasteiger partial charge in [0.05, 0.1) is 6.61 Å². The lowest BCUT2D eigenvalue weighted by atomic mass is 10.3. The molecule has 1 fully saturated rings. The molecule has 1 aromatic carbocycles. The van der Waals surface area contributed by atoms with Gasteiger partial charge in [-0.3, -0.25) is 0 Å². The van der Waals surface area contributed by atoms with Crippen molar-refractivity contribution in [3.05, 3.63) is 24.3 Å². The average molecular weight is 224 g/mol. The van der Waals surface area contributed by atoms with E-state index in [1.54, 1.807) is 0 Å². The SMILES string of the molecule is CCOCOc1cccc(OCC2CO2)c1. The summed E-state index contributed by atoms with van der Waals surface area (Å²) in [4.78, 5) is 0. The van der Waals surface area contributed by atoms with Gasteiger partial charge in [-0.15, -0.1) is 0 Å². The molecule has 0 bridgehead atoms. The van der Waals surface area contributed by atoms with Crippen LogP contribution in [0.25, 0.3) is 0 Å². The number of hydrogen-bond acceptors (Lipinski definition) is 4. The number of benzene rings is 1. The summed E-state index contributed by atoms with van der Waals surface area (Å²) in [6.07, 6.45) is 0.271. The number of rotatable bonds is 7. The van der Waals surface area contributed by atoms with Gasteiger partial charge >= 0.3 is 0 Å². The summed E-state index contributed by atoms with van der Waals surface area (Å²) in [5, 5.41) is 0. The van der Waals surface area contributed by atoms with Gasteiger partial charge in [0, 0.05) is 12.7 Å². The zero-order valence-electron chi connectivity index (χ0n) is 9.35. The second-order valence-electron chi connectivity index (χ2n) is 3.50. The standard InChI is InChI=1S/C12H16O4/c1-2-13-9-16-11-5-3-4-10(6-11)14-7-12-8-15-12/h3-6,12H,2,7-9H2,1H3. The fraction of sp³-hybridized carbons (Fsp3) is 0.500. The Hall–Kier alpha value is -1.26. The molecule has 1 aromatic rings. The van der Waals surface area contributed by atoms with Gasteiger partial charge in [-0.2, -0.15) is 0 Å². The van der Waals surface area contributed by atoms with Crippen molar-refractivity contribution in [2.45, 2.75) is 13.0 Å². The van der Waals surface area contributed by atoms with Crippen LogP contribution >= 0.6 is 0 Å². The molecular weight excluding hydrogens is 208 g/mol. The quantitative estimate of drug-likeness (QED) is 0.402. The van der Waals surface area contributed by atoms with Crippen LogP contribution in [0, 0.1) is 0 Å². The minimum atomic E-state index is 0.270. The van der Waals surface area contributed by atoms with Crippen LogP contribution in [0.4, 0.5) is 0 Å². The fourth-order valence-corrected chi connectivity index (χ4v) is 1.20. The Morgan fingerprint density at radius 2 is 2.06 bits per heavy atom. The third kappa shape index (κ3) is 3.72. The van der Waals surface area contributed by atoms with Gasteiger partial charge in [0.15, 0.2) is 6.79 Å². The van der Waals surface area contributed by atoms with E-state index in [0.29, 0.717) is 13.2 Å². The van der Waals surface area contributed by atoms with Crippen molar-refractivity contribution in [1.29, 1.82) is 0 Å². The molecule has 88 valence electrons. The van der Waals surface area contributed by atoms with Crippen LogP contribution in [0.5, 0.6) is 11.5 Å². The van der Waals surface area contributed by atoms with Gasteiger partial charge in [-0.1, -0.05) is 6.07 Å². The first-order valence-corrected chi connectivity index (χ1v) is 5.43. The molecule has 1 atom stereocenters. The predicted octanol–water partition coefficient (Wildman–Crippen LogP) is 1.84. The van der Waals surface area contributed by atoms with E-state index in [2.05, 4.69) is 0 Å². The zero-order chi connectivity index (χ0) is 11.2. The summed E-state index contributed by atoms with van der Waals surface area (Å²) in [5.41, 5.74) is 0. The Balaban J connectivity index is 1.80. The summed E-state index contributed by atoms with van der Waals surface area (Å²) < 4.78 is 21.1. The Labute approximate surface area is 95.1 Å². The van der Waals surface area contributed by atoms with E-state index in [1.165, 1.54) is 0 Å². The van der Waals surface area contributed by atoms with Crippen LogP contribution in [0.3, 0.4) is 0 Å². The first-order valence-electron chi connectivity index (χ1n) is 5.43. The van der Waals surface area contributed by atoms with Crippen LogP contribution in [0.2, 0.25) is 0 Å². The maximum Gasteiger partial charge on any atom is 0.189 e. The first-order chi connectivity index (χ1) is 7.88. The van der Waals surface area contributed by atoms with Gasteiger partial charge in [-0.05, 0) is 19.1 Å². The van der Waals surface area contributed by atoms with Crippen molar-refractivity contribution >= 4 is 0 Å². The summed E-state index contributed by atoms with van der Waals surface area (Å²) >= 11 is 0. The minimum absolute atomic E-state index is 0.270. The average Bonchev–Trinajstić information content (AvgIpc) is 3.11. The van der Waals surface area contributed by atoms with Crippen molar-refractivity contribution in [2.75, 3.05) is 26.6 Å². The molecular formula is C12H16O4. The van der Waals surface area contributed by atoms with Gasteiger partial charge in [-0.25, -0.2) is 0 Å². The monoisotopic (exact) mass is 224 g/mol. The van der Waals surface area contributed by atoms with Crippen LogP contribution in [-0.4, -0.2) is 32.7 Å². The lowest BCUT2D eigenvalue weighted by molar-refractivity contribution is 0.0223. The normalized spacial score (nSPS) is 18.2. The molecule has 0 N–H and O–H groups in total. The largest absolute Gasteiger partial charge is 0.491 e. The van der Waals surface area contributed by atoms with Gasteiger partial charge < -0.3 is 18.9 Å². The Morgan fingerprint density at radius 3 is 2.75 bits per heavy atom. The molecule has 2 rings (SSSR count). The molecule has 1 aliphatic rings. The summed E-state index contributed by atoms with van der Waals surface area (Å²) in [6, 6.07) is 7.52. The van der Waals surface area contributed by atoms with Crippen molar-refractivity contribution < 1.29 is 18.9 Å². The molecule has 16 heavy (non-hydrogen) atoms. The van der Waals surface area contributed by atoms with E-state index in [1.807, 2.05) is 31.2 Å². The molecule has 0 amide bonds. The Bertz CT molecular complexity index is 323. The number of ether oxygens (including phenoxy) is 4. The lowest BCUT2D eigenvalue weighted by Crippen LogP contribution is -2.05. The molecule has 0 aliphatic carbocycles. The topological polar surface area (TPSA) is 40.2 Å². The molecule has 0 spiro atoms. The second kappa shape index (κ2) is 5.72. The van der Waals surface area contributed by atoms with Crippen LogP contribution in [0.1, 0.15) is 6.92 Å². The molecule has 4 nitrogen and oxygen atoms in total. The highest BCUT2D eigenvalue weighted by Crippen LogP contribution is 2.20. The molecule has 1 saturated heterocycles. The maximum absolute atomic E-state index is 5.53. The van der Waals surface area contributed by atoms with Gasteiger partial charge in [0.25, 0.3) is 0 Å². The number of epoxide rings is 1. The molecule has 1 aliphatic heterocycles. The molecule has 0 saturated carbocycles. The van der Waals surface area contributed by atoms with E-state index in [4.69, 9.17) is 18.9 Å². The van der Waals surface area contributed by atoms with Crippen LogP contribution in [0.15, 0.2) is 24.3 Å². The van der Waals surface area contributed by atoms with E-state index in [9.17, 15) is 0 Å². The molecule has 0 aromatic heterocycles. The van der Waals surface area contributed by atoms with Crippen molar-refractivity contribution in [3.63, 3.8) is 0 Å². The molecule has 0 radical (unpaired) electrons. The highest BCUT2D eigenvalue weighted by molar-refractivity contribution is 5.32. The summed E-state index contributed by atoms with van der Waals surface area (Å²) in [5.74, 6) is 1.55. The van der Waals surface area contributed by atoms with Crippen LogP contribution in [-0.2, 0) is 9.47 Å². The van der Waals surface area contributed by atoms with E-state index >= 15 is 0 Å². The Kier molecular flexibility index (Phi) is 4.02. The zero-order valence-corrected chi connectivity index (χ0v) is 9.35. The maximum atomic E-state index is 5.53. The molecule has 1 unspecified atom stereocenters. The smallest absolute Gasteiger partial charge is 0.189 e. The Morgan fingerprint density at radius 1 is 1.31 bits per heavy atom. The molecule has 4 heteroatoms. The number of hydrogen-bond donors (Lipinski definition) is 0. The highest BCUT2D eigenvalue weighted by atomic mass is 16.7. The first kappa shape index (κ1) is 11.2. The second-order valence-corrected chi connectivity index (χ2v) is 3.50. The van der Waals surface area contributed by atoms with Gasteiger partial charge in [0.1, 0.15) is 24.2 Å². The molecule has 1 heterocycles. The lowest BCUT2D eigenvalue weighted by Gasteiger charge is -2.08. The predicted molar refractivity (Wildman–Crippen MR) is 58.8 cm³/mol. The van der Waals surface area contributed by atoms with Crippen LogP contribution < -0.4 is 9.47 Å². The van der Waals surface area contributed by atoms with E-state index in [0.717, 1.165) is 18.1 Å². The summed E-state index contributed by atoms with van der Waals surface area (Å²) in [7, 11) is 0. The third-order valence-corrected chi connectivity index (χ3v) is 2.16. The van der Waals surface area contributed by atoms with E-state index < -0.39 is 0 Å². The van der Waals surface area contributed by atoms with Crippen molar-refractivity contribution in [1.82, 2.24) is 0 Å².